The Morgan fingerprint density at radius 3 is 2.74 bits per heavy atom. The lowest BCUT2D eigenvalue weighted by atomic mass is 10.1. The minimum atomic E-state index is -0.865. The number of aromatic nitrogens is 1. The topological polar surface area (TPSA) is 91.3 Å². The van der Waals surface area contributed by atoms with Crippen LogP contribution in [-0.2, 0) is 24.2 Å². The molecule has 0 aliphatic heterocycles. The highest BCUT2D eigenvalue weighted by atomic mass is 35.5. The number of alkyl halides is 1. The minimum Gasteiger partial charge on any atom is -0.481 e. The van der Waals surface area contributed by atoms with Crippen LogP contribution in [0, 0.1) is 0 Å². The Labute approximate surface area is 194 Å². The number of para-hydroxylation sites is 1. The Bertz CT molecular complexity index is 1020. The van der Waals surface area contributed by atoms with Crippen LogP contribution in [0.5, 0.6) is 0 Å². The van der Waals surface area contributed by atoms with Crippen molar-refractivity contribution in [2.45, 2.75) is 38.6 Å². The van der Waals surface area contributed by atoms with Gasteiger partial charge in [0.25, 0.3) is 5.91 Å². The molecule has 31 heavy (non-hydrogen) atoms. The van der Waals surface area contributed by atoms with Crippen LogP contribution in [0.15, 0.2) is 41.8 Å². The van der Waals surface area contributed by atoms with Gasteiger partial charge in [-0.3, -0.25) is 14.9 Å². The molecule has 2 heterocycles. The summed E-state index contributed by atoms with van der Waals surface area (Å²) in [6.07, 6.45) is 3.41. The van der Waals surface area contributed by atoms with Crippen molar-refractivity contribution in [2.75, 3.05) is 16.5 Å². The number of rotatable bonds is 12. The lowest BCUT2D eigenvalue weighted by Gasteiger charge is -2.11. The van der Waals surface area contributed by atoms with Crippen LogP contribution in [0.1, 0.15) is 45.1 Å². The molecule has 0 saturated carbocycles. The first-order valence-corrected chi connectivity index (χ1v) is 12.2. The number of carbonyl (C=O) groups excluding carboxylic acids is 1. The summed E-state index contributed by atoms with van der Waals surface area (Å²) in [6.45, 7) is 0.640. The van der Waals surface area contributed by atoms with Crippen LogP contribution < -0.4 is 10.6 Å². The van der Waals surface area contributed by atoms with E-state index in [-0.39, 0.29) is 12.3 Å². The van der Waals surface area contributed by atoms with E-state index >= 15 is 0 Å². The lowest BCUT2D eigenvalue weighted by molar-refractivity contribution is -0.136. The van der Waals surface area contributed by atoms with Crippen molar-refractivity contribution >= 4 is 57.0 Å². The number of carboxylic acids is 1. The summed E-state index contributed by atoms with van der Waals surface area (Å²) in [5.74, 6) is -0.395. The third-order valence-electron chi connectivity index (χ3n) is 4.55. The summed E-state index contributed by atoms with van der Waals surface area (Å²) in [5, 5.41) is 17.3. The molecule has 6 nitrogen and oxygen atoms in total. The van der Waals surface area contributed by atoms with Crippen molar-refractivity contribution in [3.63, 3.8) is 0 Å². The molecule has 0 radical (unpaired) electrons. The van der Waals surface area contributed by atoms with Gasteiger partial charge < -0.3 is 10.4 Å². The van der Waals surface area contributed by atoms with E-state index in [2.05, 4.69) is 27.8 Å². The Hall–Kier alpha value is -2.42. The second-order valence-electron chi connectivity index (χ2n) is 6.91. The minimum absolute atomic E-state index is 0.0221. The third-order valence-corrected chi connectivity index (χ3v) is 6.71. The molecule has 3 aromatic rings. The highest BCUT2D eigenvalue weighted by Gasteiger charge is 2.13. The molecular formula is C22H24ClN3O3S2. The van der Waals surface area contributed by atoms with Gasteiger partial charge in [0.2, 0.25) is 0 Å². The number of nitrogens with zero attached hydrogens (tertiary/aromatic N) is 1. The van der Waals surface area contributed by atoms with Gasteiger partial charge in [-0.25, -0.2) is 4.98 Å². The molecule has 0 atom stereocenters. The number of aryl methyl sites for hydroxylation is 2. The monoisotopic (exact) mass is 477 g/mol. The normalized spacial score (nSPS) is 10.7. The molecule has 0 spiro atoms. The average molecular weight is 478 g/mol. The van der Waals surface area contributed by atoms with Crippen molar-refractivity contribution in [1.29, 1.82) is 0 Å². The van der Waals surface area contributed by atoms with Gasteiger partial charge in [-0.15, -0.1) is 34.3 Å². The number of thiazole rings is 1. The number of nitrogens with one attached hydrogen (secondary N) is 2. The summed E-state index contributed by atoms with van der Waals surface area (Å²) >= 11 is 8.51. The van der Waals surface area contributed by atoms with E-state index in [1.165, 1.54) is 28.2 Å². The van der Waals surface area contributed by atoms with Crippen molar-refractivity contribution < 1.29 is 14.7 Å². The van der Waals surface area contributed by atoms with Crippen molar-refractivity contribution in [2.24, 2.45) is 0 Å². The number of halogens is 1. The summed E-state index contributed by atoms with van der Waals surface area (Å²) in [6, 6.07) is 12.0. The number of hydrogen-bond acceptors (Lipinski definition) is 6. The maximum Gasteiger partial charge on any atom is 0.303 e. The van der Waals surface area contributed by atoms with Crippen LogP contribution >= 0.6 is 34.3 Å². The fourth-order valence-electron chi connectivity index (χ4n) is 2.97. The number of carboxylic acid groups (broad SMARTS) is 1. The lowest BCUT2D eigenvalue weighted by Crippen LogP contribution is -2.10. The standard InChI is InChI=1S/C22H24ClN3O3S2/c23-12-4-3-6-15-5-1-2-7-18(15)24-13-17-9-10-19(31-17)21(29)26-22-25-16(14-30-22)8-11-20(27)28/h1-2,5,7,9-10,14,24H,3-4,6,8,11-13H2,(H,27,28)(H,25,26,29). The van der Waals surface area contributed by atoms with E-state index in [4.69, 9.17) is 16.7 Å². The van der Waals surface area contributed by atoms with E-state index in [9.17, 15) is 9.59 Å². The largest absolute Gasteiger partial charge is 0.481 e. The maximum absolute atomic E-state index is 12.5. The molecule has 164 valence electrons. The number of thiophene rings is 1. The number of aliphatic carboxylic acids is 1. The molecule has 1 aromatic carbocycles. The van der Waals surface area contributed by atoms with Gasteiger partial charge in [-0.05, 0) is 43.0 Å². The fraction of sp³-hybridized carbons (Fsp3) is 0.318. The fourth-order valence-corrected chi connectivity index (χ4v) is 4.74. The second kappa shape index (κ2) is 11.8. The Kier molecular flexibility index (Phi) is 8.87. The molecule has 3 N–H and O–H groups in total. The Morgan fingerprint density at radius 2 is 1.94 bits per heavy atom. The van der Waals surface area contributed by atoms with Crippen LogP contribution in [0.4, 0.5) is 10.8 Å². The molecule has 0 aliphatic carbocycles. The van der Waals surface area contributed by atoms with Gasteiger partial charge >= 0.3 is 5.97 Å². The van der Waals surface area contributed by atoms with Crippen LogP contribution in [0.3, 0.4) is 0 Å². The van der Waals surface area contributed by atoms with Gasteiger partial charge in [-0.1, -0.05) is 18.2 Å². The smallest absolute Gasteiger partial charge is 0.303 e. The van der Waals surface area contributed by atoms with Gasteiger partial charge in [0.15, 0.2) is 5.13 Å². The predicted molar refractivity (Wildman–Crippen MR) is 128 cm³/mol. The highest BCUT2D eigenvalue weighted by Crippen LogP contribution is 2.23. The molecule has 9 heteroatoms. The third kappa shape index (κ3) is 7.34. The quantitative estimate of drug-likeness (QED) is 0.231. The van der Waals surface area contributed by atoms with Gasteiger partial charge in [0.05, 0.1) is 17.0 Å². The molecule has 0 saturated heterocycles. The molecule has 3 rings (SSSR count). The number of unbranched alkanes of at least 4 members (excludes halogenated alkanes) is 1. The first-order valence-electron chi connectivity index (χ1n) is 9.99. The molecule has 2 aromatic heterocycles. The zero-order valence-corrected chi connectivity index (χ0v) is 19.3. The first-order chi connectivity index (χ1) is 15.0. The summed E-state index contributed by atoms with van der Waals surface area (Å²) in [4.78, 5) is 29.1. The van der Waals surface area contributed by atoms with Crippen molar-refractivity contribution in [3.8, 4) is 0 Å². The van der Waals surface area contributed by atoms with Crippen molar-refractivity contribution in [3.05, 3.63) is 62.8 Å². The highest BCUT2D eigenvalue weighted by molar-refractivity contribution is 7.15. The van der Waals surface area contributed by atoms with Gasteiger partial charge in [0, 0.05) is 34.8 Å². The number of amides is 1. The molecule has 1 amide bonds. The van der Waals surface area contributed by atoms with E-state index in [0.717, 1.165) is 29.8 Å². The Balaban J connectivity index is 1.53. The Morgan fingerprint density at radius 1 is 1.10 bits per heavy atom. The zero-order chi connectivity index (χ0) is 22.1. The van der Waals surface area contributed by atoms with Gasteiger partial charge in [0.1, 0.15) is 0 Å². The van der Waals surface area contributed by atoms with Crippen molar-refractivity contribution in [1.82, 2.24) is 4.98 Å². The van der Waals surface area contributed by atoms with E-state index in [0.29, 0.717) is 34.5 Å². The molecule has 0 fully saturated rings. The number of anilines is 2. The second-order valence-corrected chi connectivity index (χ2v) is 9.32. The molecule has 0 bridgehead atoms. The SMILES string of the molecule is O=C(O)CCc1csc(NC(=O)c2ccc(CNc3ccccc3CCCCCl)s2)n1. The van der Waals surface area contributed by atoms with Crippen LogP contribution in [0.25, 0.3) is 0 Å². The van der Waals surface area contributed by atoms with Crippen LogP contribution in [-0.4, -0.2) is 27.8 Å². The average Bonchev–Trinajstić information content (AvgIpc) is 3.41. The van der Waals surface area contributed by atoms with Crippen LogP contribution in [0.2, 0.25) is 0 Å². The number of benzene rings is 1. The first kappa shape index (κ1) is 23.2. The molecule has 0 aliphatic rings. The molecular weight excluding hydrogens is 454 g/mol. The maximum atomic E-state index is 12.5. The van der Waals surface area contributed by atoms with Gasteiger partial charge in [-0.2, -0.15) is 0 Å². The predicted octanol–water partition coefficient (Wildman–Crippen LogP) is 5.65. The number of hydrogen-bond donors (Lipinski definition) is 3. The summed E-state index contributed by atoms with van der Waals surface area (Å²) < 4.78 is 0. The van der Waals surface area contributed by atoms with E-state index in [1.54, 1.807) is 5.38 Å². The molecule has 0 unspecified atom stereocenters. The van der Waals surface area contributed by atoms with E-state index < -0.39 is 5.97 Å². The summed E-state index contributed by atoms with van der Waals surface area (Å²) in [7, 11) is 0. The zero-order valence-electron chi connectivity index (χ0n) is 16.9. The summed E-state index contributed by atoms with van der Waals surface area (Å²) in [5.41, 5.74) is 3.04. The van der Waals surface area contributed by atoms with E-state index in [1.807, 2.05) is 24.3 Å². The number of carbonyl (C=O) groups is 2.